The van der Waals surface area contributed by atoms with E-state index in [1.165, 1.54) is 18.5 Å². The molecule has 0 unspecified atom stereocenters. The summed E-state index contributed by atoms with van der Waals surface area (Å²) in [4.78, 5) is 3.82. The van der Waals surface area contributed by atoms with Crippen molar-refractivity contribution in [1.82, 2.24) is 14.8 Å². The predicted molar refractivity (Wildman–Crippen MR) is 61.5 cm³/mol. The maximum atomic E-state index is 12.0. The van der Waals surface area contributed by atoms with Crippen molar-refractivity contribution in [1.29, 1.82) is 0 Å². The van der Waals surface area contributed by atoms with Gasteiger partial charge in [0.2, 0.25) is 0 Å². The number of hydrogen-bond acceptors (Lipinski definition) is 3. The molecule has 0 atom stereocenters. The fraction of sp³-hybridized carbons (Fsp3) is 0.333. The van der Waals surface area contributed by atoms with Gasteiger partial charge in [-0.05, 0) is 30.5 Å². The van der Waals surface area contributed by atoms with E-state index in [9.17, 15) is 13.2 Å². The van der Waals surface area contributed by atoms with Gasteiger partial charge in [0.25, 0.3) is 0 Å². The van der Waals surface area contributed by atoms with Gasteiger partial charge in [-0.3, -0.25) is 4.68 Å². The molecule has 0 bridgehead atoms. The minimum absolute atomic E-state index is 0.201. The van der Waals surface area contributed by atoms with Crippen LogP contribution in [0.5, 0.6) is 5.75 Å². The van der Waals surface area contributed by atoms with Crippen LogP contribution < -0.4 is 4.74 Å². The largest absolute Gasteiger partial charge is 0.573 e. The molecule has 0 fully saturated rings. The highest BCUT2D eigenvalue weighted by Gasteiger charge is 2.30. The van der Waals surface area contributed by atoms with Crippen LogP contribution in [0, 0.1) is 0 Å². The molecule has 1 aromatic carbocycles. The lowest BCUT2D eigenvalue weighted by Crippen LogP contribution is -2.17. The van der Waals surface area contributed by atoms with Crippen LogP contribution in [0.15, 0.2) is 36.9 Å². The van der Waals surface area contributed by atoms with Crippen LogP contribution in [-0.4, -0.2) is 21.1 Å². The zero-order valence-corrected chi connectivity index (χ0v) is 9.97. The highest BCUT2D eigenvalue weighted by Crippen LogP contribution is 2.22. The third-order valence-corrected chi connectivity index (χ3v) is 2.48. The van der Waals surface area contributed by atoms with Crippen molar-refractivity contribution < 1.29 is 17.9 Å². The summed E-state index contributed by atoms with van der Waals surface area (Å²) >= 11 is 0. The minimum Gasteiger partial charge on any atom is -0.406 e. The number of aromatic nitrogens is 3. The van der Waals surface area contributed by atoms with Gasteiger partial charge in [0, 0.05) is 6.54 Å². The Bertz CT molecular complexity index is 494. The molecule has 2 aromatic rings. The monoisotopic (exact) mass is 271 g/mol. The Morgan fingerprint density at radius 2 is 1.89 bits per heavy atom. The summed E-state index contributed by atoms with van der Waals surface area (Å²) in [5, 5.41) is 3.96. The molecule has 19 heavy (non-hydrogen) atoms. The topological polar surface area (TPSA) is 39.9 Å². The van der Waals surface area contributed by atoms with Gasteiger partial charge in [0.05, 0.1) is 0 Å². The van der Waals surface area contributed by atoms with Crippen LogP contribution in [0.4, 0.5) is 13.2 Å². The predicted octanol–water partition coefficient (Wildman–Crippen LogP) is 2.81. The van der Waals surface area contributed by atoms with Crippen LogP contribution in [0.3, 0.4) is 0 Å². The first-order chi connectivity index (χ1) is 9.03. The summed E-state index contributed by atoms with van der Waals surface area (Å²) in [5.41, 5.74) is 0.953. The van der Waals surface area contributed by atoms with E-state index in [2.05, 4.69) is 14.8 Å². The molecule has 0 saturated carbocycles. The van der Waals surface area contributed by atoms with Gasteiger partial charge in [-0.1, -0.05) is 12.1 Å². The quantitative estimate of drug-likeness (QED) is 0.839. The fourth-order valence-electron chi connectivity index (χ4n) is 1.65. The molecular weight excluding hydrogens is 259 g/mol. The van der Waals surface area contributed by atoms with E-state index in [-0.39, 0.29) is 5.75 Å². The molecule has 0 aliphatic rings. The van der Waals surface area contributed by atoms with Crippen molar-refractivity contribution in [3.05, 3.63) is 42.5 Å². The summed E-state index contributed by atoms with van der Waals surface area (Å²) in [5.74, 6) is -0.201. The average molecular weight is 271 g/mol. The molecule has 2 rings (SSSR count). The molecule has 0 N–H and O–H groups in total. The van der Waals surface area contributed by atoms with Gasteiger partial charge in [0.1, 0.15) is 18.4 Å². The number of hydrogen-bond donors (Lipinski definition) is 0. The smallest absolute Gasteiger partial charge is 0.406 e. The number of ether oxygens (including phenoxy) is 1. The summed E-state index contributed by atoms with van der Waals surface area (Å²) in [6.45, 7) is 0.723. The lowest BCUT2D eigenvalue weighted by Gasteiger charge is -2.09. The number of nitrogens with zero attached hydrogens (tertiary/aromatic N) is 3. The maximum Gasteiger partial charge on any atom is 0.573 e. The Balaban J connectivity index is 1.81. The Hall–Kier alpha value is -2.05. The van der Waals surface area contributed by atoms with Gasteiger partial charge in [-0.2, -0.15) is 5.10 Å². The van der Waals surface area contributed by atoms with Crippen LogP contribution in [0.2, 0.25) is 0 Å². The Morgan fingerprint density at radius 3 is 2.47 bits per heavy atom. The summed E-state index contributed by atoms with van der Waals surface area (Å²) in [7, 11) is 0. The highest BCUT2D eigenvalue weighted by atomic mass is 19.4. The Morgan fingerprint density at radius 1 is 1.16 bits per heavy atom. The molecule has 0 aliphatic heterocycles. The van der Waals surface area contributed by atoms with Crippen molar-refractivity contribution in [2.24, 2.45) is 0 Å². The molecule has 1 heterocycles. The number of halogens is 3. The fourth-order valence-corrected chi connectivity index (χ4v) is 1.65. The van der Waals surface area contributed by atoms with Gasteiger partial charge in [0.15, 0.2) is 0 Å². The van der Waals surface area contributed by atoms with Gasteiger partial charge < -0.3 is 4.74 Å². The van der Waals surface area contributed by atoms with Crippen LogP contribution >= 0.6 is 0 Å². The second-order valence-corrected chi connectivity index (χ2v) is 3.95. The number of alkyl halides is 3. The van der Waals surface area contributed by atoms with Gasteiger partial charge >= 0.3 is 6.36 Å². The molecule has 4 nitrogen and oxygen atoms in total. The van der Waals surface area contributed by atoms with E-state index >= 15 is 0 Å². The highest BCUT2D eigenvalue weighted by molar-refractivity contribution is 5.27. The zero-order chi connectivity index (χ0) is 13.7. The molecule has 1 aromatic heterocycles. The first-order valence-electron chi connectivity index (χ1n) is 5.70. The summed E-state index contributed by atoms with van der Waals surface area (Å²) in [6.07, 6.45) is 0.0349. The third-order valence-electron chi connectivity index (χ3n) is 2.48. The summed E-state index contributed by atoms with van der Waals surface area (Å²) in [6, 6.07) is 5.89. The van der Waals surface area contributed by atoms with E-state index in [1.54, 1.807) is 23.1 Å². The number of benzene rings is 1. The van der Waals surface area contributed by atoms with Crippen LogP contribution in [-0.2, 0) is 13.0 Å². The van der Waals surface area contributed by atoms with E-state index in [1.807, 2.05) is 0 Å². The lowest BCUT2D eigenvalue weighted by atomic mass is 10.1. The Labute approximate surface area is 107 Å². The minimum atomic E-state index is -4.64. The molecule has 0 radical (unpaired) electrons. The molecule has 0 aliphatic carbocycles. The van der Waals surface area contributed by atoms with E-state index in [0.717, 1.165) is 24.9 Å². The molecule has 0 amide bonds. The molecule has 0 spiro atoms. The average Bonchev–Trinajstić information content (AvgIpc) is 2.82. The molecular formula is C12H12F3N3O. The van der Waals surface area contributed by atoms with E-state index in [0.29, 0.717) is 0 Å². The van der Waals surface area contributed by atoms with Crippen LogP contribution in [0.1, 0.15) is 12.0 Å². The first kappa shape index (κ1) is 13.4. The number of rotatable bonds is 5. The molecule has 7 heteroatoms. The van der Waals surface area contributed by atoms with Crippen molar-refractivity contribution in [3.8, 4) is 5.75 Å². The lowest BCUT2D eigenvalue weighted by molar-refractivity contribution is -0.274. The Kier molecular flexibility index (Phi) is 4.03. The second-order valence-electron chi connectivity index (χ2n) is 3.95. The van der Waals surface area contributed by atoms with Gasteiger partial charge in [-0.25, -0.2) is 4.98 Å². The SMILES string of the molecule is FC(F)(F)Oc1ccc(CCCn2cncn2)cc1. The van der Waals surface area contributed by atoms with Crippen LogP contribution in [0.25, 0.3) is 0 Å². The van der Waals surface area contributed by atoms with Crippen molar-refractivity contribution in [3.63, 3.8) is 0 Å². The third kappa shape index (κ3) is 4.61. The van der Waals surface area contributed by atoms with Crippen molar-refractivity contribution >= 4 is 0 Å². The maximum absolute atomic E-state index is 12.0. The van der Waals surface area contributed by atoms with E-state index < -0.39 is 6.36 Å². The number of aryl methyl sites for hydroxylation is 2. The summed E-state index contributed by atoms with van der Waals surface area (Å²) < 4.78 is 41.4. The van der Waals surface area contributed by atoms with E-state index in [4.69, 9.17) is 0 Å². The molecule has 102 valence electrons. The zero-order valence-electron chi connectivity index (χ0n) is 9.97. The van der Waals surface area contributed by atoms with Crippen molar-refractivity contribution in [2.45, 2.75) is 25.7 Å². The normalized spacial score (nSPS) is 11.5. The van der Waals surface area contributed by atoms with Crippen molar-refractivity contribution in [2.75, 3.05) is 0 Å². The standard InChI is InChI=1S/C12H12F3N3O/c13-12(14,15)19-11-5-3-10(4-6-11)2-1-7-18-9-16-8-17-18/h3-6,8-9H,1-2,7H2. The first-order valence-corrected chi connectivity index (χ1v) is 5.70. The second kappa shape index (κ2) is 5.73. The molecule has 0 saturated heterocycles. The van der Waals surface area contributed by atoms with Gasteiger partial charge in [-0.15, -0.1) is 13.2 Å².